The van der Waals surface area contributed by atoms with E-state index in [1.165, 1.54) is 11.1 Å². The van der Waals surface area contributed by atoms with Gasteiger partial charge in [-0.25, -0.2) is 4.79 Å². The zero-order valence-corrected chi connectivity index (χ0v) is 14.7. The highest BCUT2D eigenvalue weighted by molar-refractivity contribution is 5.89. The Kier molecular flexibility index (Phi) is 4.61. The van der Waals surface area contributed by atoms with Crippen molar-refractivity contribution in [3.8, 4) is 0 Å². The van der Waals surface area contributed by atoms with Gasteiger partial charge in [0.2, 0.25) is 0 Å². The average Bonchev–Trinajstić information content (AvgIpc) is 2.94. The maximum absolute atomic E-state index is 12.1. The van der Waals surface area contributed by atoms with E-state index in [9.17, 15) is 4.79 Å². The molecule has 1 aliphatic heterocycles. The lowest BCUT2D eigenvalue weighted by Crippen LogP contribution is -2.24. The average molecular weight is 323 g/mol. The van der Waals surface area contributed by atoms with Gasteiger partial charge in [-0.2, -0.15) is 0 Å². The van der Waals surface area contributed by atoms with Crippen LogP contribution in [-0.2, 0) is 16.6 Å². The number of amides is 1. The Morgan fingerprint density at radius 3 is 2.33 bits per heavy atom. The molecule has 0 aliphatic carbocycles. The van der Waals surface area contributed by atoms with E-state index in [1.54, 1.807) is 4.90 Å². The number of rotatable bonds is 4. The molecular weight excluding hydrogens is 298 g/mol. The van der Waals surface area contributed by atoms with Crippen molar-refractivity contribution in [1.82, 2.24) is 0 Å². The number of anilines is 1. The Morgan fingerprint density at radius 1 is 1.04 bits per heavy atom. The van der Waals surface area contributed by atoms with Gasteiger partial charge in [-0.05, 0) is 41.5 Å². The van der Waals surface area contributed by atoms with Crippen molar-refractivity contribution in [3.05, 3.63) is 65.7 Å². The van der Waals surface area contributed by atoms with Gasteiger partial charge in [0, 0.05) is 5.69 Å². The molecule has 2 aromatic carbocycles. The van der Waals surface area contributed by atoms with Crippen LogP contribution in [0.3, 0.4) is 0 Å². The minimum atomic E-state index is -0.241. The van der Waals surface area contributed by atoms with Crippen LogP contribution < -0.4 is 4.90 Å². The summed E-state index contributed by atoms with van der Waals surface area (Å²) >= 11 is 0. The van der Waals surface area contributed by atoms with Crippen LogP contribution in [0.25, 0.3) is 0 Å². The van der Waals surface area contributed by atoms with Gasteiger partial charge in [0.05, 0.1) is 6.54 Å². The lowest BCUT2D eigenvalue weighted by Gasteiger charge is -2.19. The zero-order valence-electron chi connectivity index (χ0n) is 14.7. The summed E-state index contributed by atoms with van der Waals surface area (Å²) in [6.07, 6.45) is 1.49. The molecule has 1 aliphatic rings. The maximum Gasteiger partial charge on any atom is 0.414 e. The number of aryl methyl sites for hydroxylation is 1. The van der Waals surface area contributed by atoms with E-state index in [0.29, 0.717) is 6.54 Å². The molecule has 1 fully saturated rings. The van der Waals surface area contributed by atoms with Crippen LogP contribution in [0, 0.1) is 0 Å². The second-order valence-electron chi connectivity index (χ2n) is 7.44. The molecule has 1 saturated heterocycles. The van der Waals surface area contributed by atoms with Crippen molar-refractivity contribution < 1.29 is 9.53 Å². The van der Waals surface area contributed by atoms with Gasteiger partial charge in [-0.15, -0.1) is 0 Å². The zero-order chi connectivity index (χ0) is 17.2. The van der Waals surface area contributed by atoms with Crippen molar-refractivity contribution in [2.45, 2.75) is 45.1 Å². The number of carbonyl (C=O) groups excluding carboxylic acids is 1. The molecule has 24 heavy (non-hydrogen) atoms. The van der Waals surface area contributed by atoms with Crippen LogP contribution in [0.4, 0.5) is 10.5 Å². The maximum atomic E-state index is 12.1. The third-order valence-corrected chi connectivity index (χ3v) is 4.52. The quantitative estimate of drug-likeness (QED) is 0.797. The van der Waals surface area contributed by atoms with E-state index < -0.39 is 0 Å². The van der Waals surface area contributed by atoms with Gasteiger partial charge in [-0.3, -0.25) is 4.90 Å². The minimum absolute atomic E-state index is 0.0417. The number of nitrogens with zero attached hydrogens (tertiary/aromatic N) is 1. The Hall–Kier alpha value is -2.29. The minimum Gasteiger partial charge on any atom is -0.444 e. The number of hydrogen-bond donors (Lipinski definition) is 0. The van der Waals surface area contributed by atoms with Crippen LogP contribution in [0.15, 0.2) is 54.6 Å². The number of hydrogen-bond acceptors (Lipinski definition) is 2. The molecule has 3 heteroatoms. The first-order valence-electron chi connectivity index (χ1n) is 8.56. The summed E-state index contributed by atoms with van der Waals surface area (Å²) in [5, 5.41) is 0. The van der Waals surface area contributed by atoms with Crippen molar-refractivity contribution in [2.75, 3.05) is 11.4 Å². The predicted octanol–water partition coefficient (Wildman–Crippen LogP) is 4.94. The Morgan fingerprint density at radius 2 is 1.71 bits per heavy atom. The van der Waals surface area contributed by atoms with Crippen LogP contribution in [0.5, 0.6) is 0 Å². The molecule has 126 valence electrons. The molecule has 0 N–H and O–H groups in total. The van der Waals surface area contributed by atoms with E-state index in [1.807, 2.05) is 30.3 Å². The first kappa shape index (κ1) is 16.6. The molecule has 0 bridgehead atoms. The molecule has 1 amide bonds. The van der Waals surface area contributed by atoms with Gasteiger partial charge < -0.3 is 4.74 Å². The second kappa shape index (κ2) is 6.68. The van der Waals surface area contributed by atoms with Gasteiger partial charge in [0.25, 0.3) is 0 Å². The van der Waals surface area contributed by atoms with E-state index in [2.05, 4.69) is 45.0 Å². The molecule has 1 heterocycles. The first-order valence-corrected chi connectivity index (χ1v) is 8.56. The number of cyclic esters (lactones) is 1. The standard InChI is InChI=1S/C21H25NO2/c1-21(2,3)17-12-9-16(10-13-17)11-14-19-15-22(20(23)24-19)18-7-5-4-6-8-18/h4-10,12-13,19H,11,14-15H2,1-3H3/t19-/m1/s1. The van der Waals surface area contributed by atoms with Gasteiger partial charge in [0.15, 0.2) is 0 Å². The molecular formula is C21H25NO2. The number of ether oxygens (including phenoxy) is 1. The first-order chi connectivity index (χ1) is 11.4. The van der Waals surface area contributed by atoms with E-state index >= 15 is 0 Å². The summed E-state index contributed by atoms with van der Waals surface area (Å²) in [5.74, 6) is 0. The molecule has 0 spiro atoms. The monoisotopic (exact) mass is 323 g/mol. The van der Waals surface area contributed by atoms with Gasteiger partial charge in [0.1, 0.15) is 6.10 Å². The topological polar surface area (TPSA) is 29.5 Å². The third-order valence-electron chi connectivity index (χ3n) is 4.52. The molecule has 0 unspecified atom stereocenters. The largest absolute Gasteiger partial charge is 0.444 e. The molecule has 0 radical (unpaired) electrons. The summed E-state index contributed by atoms with van der Waals surface area (Å²) in [7, 11) is 0. The summed E-state index contributed by atoms with van der Waals surface area (Å²) in [5.41, 5.74) is 3.71. The molecule has 3 nitrogen and oxygen atoms in total. The fraction of sp³-hybridized carbons (Fsp3) is 0.381. The van der Waals surface area contributed by atoms with Crippen molar-refractivity contribution in [3.63, 3.8) is 0 Å². The van der Waals surface area contributed by atoms with E-state index in [4.69, 9.17) is 4.74 Å². The number of para-hydroxylation sites is 1. The number of carbonyl (C=O) groups is 1. The Bertz CT molecular complexity index is 686. The molecule has 1 atom stereocenters. The SMILES string of the molecule is CC(C)(C)c1ccc(CC[C@@H]2CN(c3ccccc3)C(=O)O2)cc1. The molecule has 0 saturated carbocycles. The van der Waals surface area contributed by atoms with E-state index in [0.717, 1.165) is 18.5 Å². The lowest BCUT2D eigenvalue weighted by molar-refractivity contribution is 0.137. The third kappa shape index (κ3) is 3.78. The Balaban J connectivity index is 1.57. The second-order valence-corrected chi connectivity index (χ2v) is 7.44. The smallest absolute Gasteiger partial charge is 0.414 e. The van der Waals surface area contributed by atoms with E-state index in [-0.39, 0.29) is 17.6 Å². The summed E-state index contributed by atoms with van der Waals surface area (Å²) in [6, 6.07) is 18.5. The van der Waals surface area contributed by atoms with Crippen LogP contribution in [0.1, 0.15) is 38.3 Å². The summed E-state index contributed by atoms with van der Waals surface area (Å²) in [4.78, 5) is 13.8. The highest BCUT2D eigenvalue weighted by Gasteiger charge is 2.31. The van der Waals surface area contributed by atoms with Crippen molar-refractivity contribution in [1.29, 1.82) is 0 Å². The van der Waals surface area contributed by atoms with Gasteiger partial charge in [-0.1, -0.05) is 63.2 Å². The summed E-state index contributed by atoms with van der Waals surface area (Å²) < 4.78 is 5.52. The molecule has 3 rings (SSSR count). The van der Waals surface area contributed by atoms with Crippen molar-refractivity contribution >= 4 is 11.8 Å². The highest BCUT2D eigenvalue weighted by atomic mass is 16.6. The molecule has 0 aromatic heterocycles. The normalized spacial score (nSPS) is 17.9. The van der Waals surface area contributed by atoms with Crippen LogP contribution in [0.2, 0.25) is 0 Å². The predicted molar refractivity (Wildman–Crippen MR) is 97.5 cm³/mol. The van der Waals surface area contributed by atoms with Crippen molar-refractivity contribution in [2.24, 2.45) is 0 Å². The lowest BCUT2D eigenvalue weighted by atomic mass is 9.86. The number of benzene rings is 2. The highest BCUT2D eigenvalue weighted by Crippen LogP contribution is 2.25. The van der Waals surface area contributed by atoms with Crippen LogP contribution in [-0.4, -0.2) is 18.7 Å². The Labute approximate surface area is 144 Å². The van der Waals surface area contributed by atoms with Gasteiger partial charge >= 0.3 is 6.09 Å². The molecule has 2 aromatic rings. The van der Waals surface area contributed by atoms with Crippen LogP contribution >= 0.6 is 0 Å². The fourth-order valence-electron chi connectivity index (χ4n) is 2.99. The fourth-order valence-corrected chi connectivity index (χ4v) is 2.99. The summed E-state index contributed by atoms with van der Waals surface area (Å²) in [6.45, 7) is 7.29.